The molecule has 2 aromatic rings. The first-order chi connectivity index (χ1) is 8.89. The van der Waals surface area contributed by atoms with Gasteiger partial charge in [0.25, 0.3) is 0 Å². The van der Waals surface area contributed by atoms with E-state index >= 15 is 0 Å². The fourth-order valence-corrected chi connectivity index (χ4v) is 1.62. The van der Waals surface area contributed by atoms with Crippen LogP contribution < -0.4 is 4.74 Å². The van der Waals surface area contributed by atoms with Crippen LogP contribution in [0.15, 0.2) is 24.4 Å². The van der Waals surface area contributed by atoms with Gasteiger partial charge >= 0.3 is 6.36 Å². The van der Waals surface area contributed by atoms with Crippen molar-refractivity contribution < 1.29 is 22.7 Å². The predicted molar refractivity (Wildman–Crippen MR) is 61.1 cm³/mol. The van der Waals surface area contributed by atoms with Crippen molar-refractivity contribution in [3.63, 3.8) is 0 Å². The van der Waals surface area contributed by atoms with Gasteiger partial charge in [-0.1, -0.05) is 11.6 Å². The number of imidazole rings is 1. The van der Waals surface area contributed by atoms with Crippen molar-refractivity contribution in [3.05, 3.63) is 35.1 Å². The van der Waals surface area contributed by atoms with E-state index in [-0.39, 0.29) is 10.7 Å². The van der Waals surface area contributed by atoms with Crippen molar-refractivity contribution in [3.8, 4) is 17.1 Å². The number of benzene rings is 1. The molecule has 0 bridgehead atoms. The molecule has 0 aliphatic rings. The number of aromatic amines is 1. The quantitative estimate of drug-likeness (QED) is 0.881. The second-order valence-corrected chi connectivity index (χ2v) is 3.91. The Morgan fingerprint density at radius 1 is 1.37 bits per heavy atom. The van der Waals surface area contributed by atoms with Gasteiger partial charge in [-0.15, -0.1) is 13.2 Å². The lowest BCUT2D eigenvalue weighted by Gasteiger charge is -2.10. The second-order valence-electron chi connectivity index (χ2n) is 3.50. The van der Waals surface area contributed by atoms with Crippen molar-refractivity contribution in [2.45, 2.75) is 6.36 Å². The summed E-state index contributed by atoms with van der Waals surface area (Å²) in [4.78, 5) is 17.1. The van der Waals surface area contributed by atoms with Gasteiger partial charge in [0.05, 0.1) is 16.9 Å². The molecule has 0 saturated carbocycles. The van der Waals surface area contributed by atoms with Gasteiger partial charge in [-0.3, -0.25) is 4.79 Å². The molecule has 1 N–H and O–H groups in total. The molecule has 2 rings (SSSR count). The molecule has 0 radical (unpaired) electrons. The van der Waals surface area contributed by atoms with Crippen molar-refractivity contribution in [1.29, 1.82) is 0 Å². The average molecular weight is 291 g/mol. The van der Waals surface area contributed by atoms with E-state index in [9.17, 15) is 18.0 Å². The zero-order chi connectivity index (χ0) is 14.0. The second kappa shape index (κ2) is 4.93. The number of hydrogen-bond acceptors (Lipinski definition) is 3. The Kier molecular flexibility index (Phi) is 3.48. The molecule has 1 heterocycles. The Morgan fingerprint density at radius 3 is 2.63 bits per heavy atom. The van der Waals surface area contributed by atoms with Crippen LogP contribution in [0.5, 0.6) is 5.75 Å². The Morgan fingerprint density at radius 2 is 2.11 bits per heavy atom. The van der Waals surface area contributed by atoms with Crippen molar-refractivity contribution in [2.75, 3.05) is 0 Å². The number of ether oxygens (including phenoxy) is 1. The maximum Gasteiger partial charge on any atom is 0.573 e. The Labute approximate surface area is 110 Å². The fourth-order valence-electron chi connectivity index (χ4n) is 1.40. The molecule has 0 aliphatic heterocycles. The summed E-state index contributed by atoms with van der Waals surface area (Å²) in [5, 5.41) is -0.209. The van der Waals surface area contributed by atoms with Crippen LogP contribution in [0.4, 0.5) is 13.2 Å². The number of aromatic nitrogens is 2. The van der Waals surface area contributed by atoms with E-state index < -0.39 is 12.1 Å². The molecule has 1 aromatic heterocycles. The first kappa shape index (κ1) is 13.4. The van der Waals surface area contributed by atoms with Crippen LogP contribution in [-0.2, 0) is 0 Å². The number of carbonyl (C=O) groups is 1. The first-order valence-corrected chi connectivity index (χ1v) is 5.33. The number of carbonyl (C=O) groups excluding carboxylic acids is 1. The molecule has 0 saturated heterocycles. The summed E-state index contributed by atoms with van der Waals surface area (Å²) in [5.74, 6) is -0.178. The summed E-state index contributed by atoms with van der Waals surface area (Å²) in [6, 6.07) is 3.69. The van der Waals surface area contributed by atoms with E-state index in [0.29, 0.717) is 17.7 Å². The molecule has 8 heteroatoms. The Hall–Kier alpha value is -2.02. The number of nitrogens with zero attached hydrogens (tertiary/aromatic N) is 1. The monoisotopic (exact) mass is 290 g/mol. The summed E-state index contributed by atoms with van der Waals surface area (Å²) >= 11 is 5.69. The summed E-state index contributed by atoms with van der Waals surface area (Å²) in [6.45, 7) is 0. The summed E-state index contributed by atoms with van der Waals surface area (Å²) in [5.41, 5.74) is 0.689. The number of aldehydes is 1. The highest BCUT2D eigenvalue weighted by molar-refractivity contribution is 6.32. The lowest BCUT2D eigenvalue weighted by Crippen LogP contribution is -2.17. The zero-order valence-electron chi connectivity index (χ0n) is 9.16. The van der Waals surface area contributed by atoms with Crippen LogP contribution in [0, 0.1) is 0 Å². The van der Waals surface area contributed by atoms with E-state index in [0.717, 1.165) is 6.07 Å². The van der Waals surface area contributed by atoms with Crippen molar-refractivity contribution in [1.82, 2.24) is 9.97 Å². The van der Waals surface area contributed by atoms with Crippen LogP contribution in [0.3, 0.4) is 0 Å². The van der Waals surface area contributed by atoms with Gasteiger partial charge in [0.1, 0.15) is 11.6 Å². The molecular formula is C11H6ClF3N2O2. The molecule has 1 aromatic carbocycles. The summed E-state index contributed by atoms with van der Waals surface area (Å²) in [6.07, 6.45) is -2.93. The lowest BCUT2D eigenvalue weighted by molar-refractivity contribution is -0.274. The molecule has 100 valence electrons. The third-order valence-corrected chi connectivity index (χ3v) is 2.45. The molecule has 0 amide bonds. The number of nitrogens with one attached hydrogen (secondary N) is 1. The third kappa shape index (κ3) is 3.25. The van der Waals surface area contributed by atoms with Gasteiger partial charge in [0.15, 0.2) is 6.29 Å². The topological polar surface area (TPSA) is 55.0 Å². The molecule has 0 spiro atoms. The highest BCUT2D eigenvalue weighted by atomic mass is 35.5. The summed E-state index contributed by atoms with van der Waals surface area (Å²) < 4.78 is 39.9. The average Bonchev–Trinajstić information content (AvgIpc) is 2.79. The van der Waals surface area contributed by atoms with E-state index in [1.807, 2.05) is 0 Å². The third-order valence-electron chi connectivity index (χ3n) is 2.15. The zero-order valence-corrected chi connectivity index (χ0v) is 9.92. The van der Waals surface area contributed by atoms with Crippen LogP contribution in [0.25, 0.3) is 11.4 Å². The molecular weight excluding hydrogens is 285 g/mol. The van der Waals surface area contributed by atoms with Gasteiger partial charge in [-0.2, -0.15) is 0 Å². The highest BCUT2D eigenvalue weighted by Crippen LogP contribution is 2.32. The molecule has 0 aliphatic carbocycles. The Balaban J connectivity index is 2.30. The minimum Gasteiger partial charge on any atom is -0.404 e. The molecule has 4 nitrogen and oxygen atoms in total. The molecule has 19 heavy (non-hydrogen) atoms. The van der Waals surface area contributed by atoms with Gasteiger partial charge in [-0.05, 0) is 18.2 Å². The maximum atomic E-state index is 12.1. The van der Waals surface area contributed by atoms with E-state index in [2.05, 4.69) is 14.7 Å². The van der Waals surface area contributed by atoms with Crippen LogP contribution in [-0.4, -0.2) is 22.6 Å². The number of hydrogen-bond donors (Lipinski definition) is 1. The number of H-pyrrole nitrogens is 1. The minimum absolute atomic E-state index is 0.209. The van der Waals surface area contributed by atoms with E-state index in [1.165, 1.54) is 18.3 Å². The Bertz CT molecular complexity index is 610. The SMILES string of the molecule is O=Cc1cnc(-c2ccc(OC(F)(F)F)c(Cl)c2)[nH]1. The van der Waals surface area contributed by atoms with Crippen molar-refractivity contribution >= 4 is 17.9 Å². The van der Waals surface area contributed by atoms with Gasteiger partial charge in [-0.25, -0.2) is 4.98 Å². The van der Waals surface area contributed by atoms with E-state index in [1.54, 1.807) is 0 Å². The number of halogens is 4. The van der Waals surface area contributed by atoms with Crippen LogP contribution >= 0.6 is 11.6 Å². The predicted octanol–water partition coefficient (Wildman–Crippen LogP) is 3.44. The number of rotatable bonds is 3. The van der Waals surface area contributed by atoms with E-state index in [4.69, 9.17) is 11.6 Å². The summed E-state index contributed by atoms with van der Waals surface area (Å²) in [7, 11) is 0. The normalized spacial score (nSPS) is 11.4. The molecule has 0 fully saturated rings. The standard InChI is InChI=1S/C11H6ClF3N2O2/c12-8-3-6(10-16-4-7(5-18)17-10)1-2-9(8)19-11(13,14)15/h1-5H,(H,16,17). The van der Waals surface area contributed by atoms with Gasteiger partial charge in [0.2, 0.25) is 0 Å². The lowest BCUT2D eigenvalue weighted by atomic mass is 10.2. The molecule has 0 atom stereocenters. The first-order valence-electron chi connectivity index (χ1n) is 4.95. The smallest absolute Gasteiger partial charge is 0.404 e. The number of alkyl halides is 3. The maximum absolute atomic E-state index is 12.1. The van der Waals surface area contributed by atoms with Gasteiger partial charge in [0, 0.05) is 5.56 Å². The minimum atomic E-state index is -4.81. The molecule has 0 unspecified atom stereocenters. The largest absolute Gasteiger partial charge is 0.573 e. The fraction of sp³-hybridized carbons (Fsp3) is 0.0909. The highest BCUT2D eigenvalue weighted by Gasteiger charge is 2.32. The van der Waals surface area contributed by atoms with Gasteiger partial charge < -0.3 is 9.72 Å². The van der Waals surface area contributed by atoms with Crippen LogP contribution in [0.2, 0.25) is 5.02 Å². The van der Waals surface area contributed by atoms with Crippen molar-refractivity contribution in [2.24, 2.45) is 0 Å². The van der Waals surface area contributed by atoms with Crippen LogP contribution in [0.1, 0.15) is 10.5 Å².